The van der Waals surface area contributed by atoms with Crippen molar-refractivity contribution >= 4 is 12.1 Å². The van der Waals surface area contributed by atoms with Gasteiger partial charge in [0.15, 0.2) is 0 Å². The van der Waals surface area contributed by atoms with Gasteiger partial charge in [-0.25, -0.2) is 4.79 Å². The summed E-state index contributed by atoms with van der Waals surface area (Å²) in [7, 11) is 1.17. The van der Waals surface area contributed by atoms with Crippen LogP contribution in [0.2, 0.25) is 0 Å². The minimum atomic E-state index is -0.920. The van der Waals surface area contributed by atoms with Crippen molar-refractivity contribution in [1.82, 2.24) is 0 Å². The topological polar surface area (TPSA) is 52.6 Å². The number of rotatable bonds is 1. The molecule has 1 aliphatic rings. The van der Waals surface area contributed by atoms with Crippen molar-refractivity contribution in [3.63, 3.8) is 0 Å². The SMILES string of the molecule is COC(=O)OC(=O)C1CC1.[H-].[Na+]. The average molecular weight is 168 g/mol. The van der Waals surface area contributed by atoms with E-state index in [0.29, 0.717) is 0 Å². The van der Waals surface area contributed by atoms with Gasteiger partial charge in [0.1, 0.15) is 0 Å². The molecule has 0 aromatic carbocycles. The van der Waals surface area contributed by atoms with Crippen LogP contribution >= 0.6 is 0 Å². The van der Waals surface area contributed by atoms with E-state index in [1.165, 1.54) is 7.11 Å². The van der Waals surface area contributed by atoms with Crippen LogP contribution in [0.15, 0.2) is 0 Å². The van der Waals surface area contributed by atoms with Gasteiger partial charge < -0.3 is 10.9 Å². The van der Waals surface area contributed by atoms with Crippen molar-refractivity contribution in [3.8, 4) is 0 Å². The Morgan fingerprint density at radius 2 is 2.00 bits per heavy atom. The number of ether oxygens (including phenoxy) is 2. The molecule has 0 aliphatic heterocycles. The van der Waals surface area contributed by atoms with E-state index in [-0.39, 0.29) is 36.9 Å². The maximum atomic E-state index is 10.7. The minimum absolute atomic E-state index is 0. The average Bonchev–Trinajstić information content (AvgIpc) is 2.68. The van der Waals surface area contributed by atoms with E-state index in [0.717, 1.165) is 12.8 Å². The zero-order valence-corrected chi connectivity index (χ0v) is 8.62. The first-order chi connectivity index (χ1) is 4.74. The molecule has 4 nitrogen and oxygen atoms in total. The smallest absolute Gasteiger partial charge is 1.00 e. The van der Waals surface area contributed by atoms with Crippen LogP contribution < -0.4 is 29.6 Å². The van der Waals surface area contributed by atoms with Gasteiger partial charge in [0.2, 0.25) is 0 Å². The summed E-state index contributed by atoms with van der Waals surface area (Å²) in [6.45, 7) is 0. The number of carbonyl (C=O) groups excluding carboxylic acids is 2. The second-order valence-electron chi connectivity index (χ2n) is 2.15. The van der Waals surface area contributed by atoms with E-state index in [4.69, 9.17) is 0 Å². The van der Waals surface area contributed by atoms with Gasteiger partial charge >= 0.3 is 41.7 Å². The van der Waals surface area contributed by atoms with Gasteiger partial charge in [0.05, 0.1) is 13.0 Å². The van der Waals surface area contributed by atoms with Gasteiger partial charge in [-0.15, -0.1) is 0 Å². The van der Waals surface area contributed by atoms with E-state index < -0.39 is 12.1 Å². The third kappa shape index (κ3) is 3.74. The van der Waals surface area contributed by atoms with E-state index in [1.807, 2.05) is 0 Å². The van der Waals surface area contributed by atoms with Gasteiger partial charge in [0, 0.05) is 0 Å². The van der Waals surface area contributed by atoms with E-state index in [2.05, 4.69) is 9.47 Å². The summed E-state index contributed by atoms with van der Waals surface area (Å²) >= 11 is 0. The molecule has 1 aliphatic carbocycles. The summed E-state index contributed by atoms with van der Waals surface area (Å²) in [6.07, 6.45) is 0.739. The summed E-state index contributed by atoms with van der Waals surface area (Å²) in [5.74, 6) is -0.522. The van der Waals surface area contributed by atoms with E-state index in [1.54, 1.807) is 0 Å². The van der Waals surface area contributed by atoms with Gasteiger partial charge in [-0.1, -0.05) is 0 Å². The fourth-order valence-electron chi connectivity index (χ4n) is 0.526. The minimum Gasteiger partial charge on any atom is -1.00 e. The molecule has 0 atom stereocenters. The predicted octanol–water partition coefficient (Wildman–Crippen LogP) is -2.18. The Balaban J connectivity index is 0. The molecule has 0 aromatic heterocycles. The number of hydrogen-bond donors (Lipinski definition) is 0. The van der Waals surface area contributed by atoms with E-state index >= 15 is 0 Å². The second kappa shape index (κ2) is 4.74. The summed E-state index contributed by atoms with van der Waals surface area (Å²) in [6, 6.07) is 0. The molecule has 11 heavy (non-hydrogen) atoms. The zero-order valence-electron chi connectivity index (χ0n) is 7.62. The molecular weight excluding hydrogens is 159 g/mol. The number of carbonyl (C=O) groups is 2. The zero-order chi connectivity index (χ0) is 7.56. The molecule has 0 radical (unpaired) electrons. The predicted molar refractivity (Wildman–Crippen MR) is 32.3 cm³/mol. The molecule has 0 bridgehead atoms. The second-order valence-corrected chi connectivity index (χ2v) is 2.15. The Morgan fingerprint density at radius 1 is 1.45 bits per heavy atom. The molecule has 0 saturated heterocycles. The third-order valence-corrected chi connectivity index (χ3v) is 1.26. The molecule has 0 N–H and O–H groups in total. The Hall–Kier alpha value is -0.0600. The van der Waals surface area contributed by atoms with Gasteiger partial charge in [0.25, 0.3) is 0 Å². The molecule has 58 valence electrons. The van der Waals surface area contributed by atoms with Crippen LogP contribution in [-0.4, -0.2) is 19.2 Å². The van der Waals surface area contributed by atoms with Crippen molar-refractivity contribution < 1.29 is 50.0 Å². The third-order valence-electron chi connectivity index (χ3n) is 1.26. The van der Waals surface area contributed by atoms with Crippen LogP contribution in [0.3, 0.4) is 0 Å². The summed E-state index contributed by atoms with van der Waals surface area (Å²) < 4.78 is 8.34. The summed E-state index contributed by atoms with van der Waals surface area (Å²) in [5.41, 5.74) is 0. The fraction of sp³-hybridized carbons (Fsp3) is 0.667. The molecule has 0 amide bonds. The molecule has 0 spiro atoms. The number of methoxy groups -OCH3 is 1. The van der Waals surface area contributed by atoms with Crippen molar-refractivity contribution in [3.05, 3.63) is 0 Å². The van der Waals surface area contributed by atoms with Crippen LogP contribution in [0, 0.1) is 5.92 Å². The normalized spacial score (nSPS) is 14.6. The standard InChI is InChI=1S/C6H8O4.Na.H/c1-9-6(8)10-5(7)4-2-3-4;;/h4H,2-3H2,1H3;;/q;+1;-1. The van der Waals surface area contributed by atoms with Crippen LogP contribution in [0.1, 0.15) is 14.3 Å². The van der Waals surface area contributed by atoms with Crippen LogP contribution in [0.5, 0.6) is 0 Å². The number of hydrogen-bond acceptors (Lipinski definition) is 4. The molecule has 0 aromatic rings. The molecule has 5 heteroatoms. The quantitative estimate of drug-likeness (QED) is 0.254. The van der Waals surface area contributed by atoms with Gasteiger partial charge in [-0.3, -0.25) is 4.79 Å². The summed E-state index contributed by atoms with van der Waals surface area (Å²) in [5, 5.41) is 0. The van der Waals surface area contributed by atoms with Crippen molar-refractivity contribution in [2.45, 2.75) is 12.8 Å². The Bertz CT molecular complexity index is 169. The molecular formula is C6H9NaO4. The first-order valence-electron chi connectivity index (χ1n) is 3.03. The van der Waals surface area contributed by atoms with Crippen LogP contribution in [0.25, 0.3) is 0 Å². The summed E-state index contributed by atoms with van der Waals surface area (Å²) in [4.78, 5) is 20.9. The Kier molecular flexibility index (Phi) is 4.72. The van der Waals surface area contributed by atoms with Crippen molar-refractivity contribution in [2.24, 2.45) is 5.92 Å². The van der Waals surface area contributed by atoms with Gasteiger partial charge in [-0.05, 0) is 12.8 Å². The first-order valence-corrected chi connectivity index (χ1v) is 3.03. The van der Waals surface area contributed by atoms with Crippen molar-refractivity contribution in [1.29, 1.82) is 0 Å². The van der Waals surface area contributed by atoms with Gasteiger partial charge in [-0.2, -0.15) is 0 Å². The largest absolute Gasteiger partial charge is 1.00 e. The monoisotopic (exact) mass is 168 g/mol. The molecule has 1 saturated carbocycles. The molecule has 0 heterocycles. The Labute approximate surface area is 88.0 Å². The van der Waals surface area contributed by atoms with Crippen LogP contribution in [0.4, 0.5) is 4.79 Å². The van der Waals surface area contributed by atoms with Crippen LogP contribution in [-0.2, 0) is 14.3 Å². The first kappa shape index (κ1) is 10.9. The Morgan fingerprint density at radius 3 is 2.36 bits per heavy atom. The molecule has 0 unspecified atom stereocenters. The molecule has 1 fully saturated rings. The van der Waals surface area contributed by atoms with Crippen molar-refractivity contribution in [2.75, 3.05) is 7.11 Å². The van der Waals surface area contributed by atoms with E-state index in [9.17, 15) is 9.59 Å². The fourth-order valence-corrected chi connectivity index (χ4v) is 0.526. The maximum Gasteiger partial charge on any atom is 1.00 e. The molecule has 1 rings (SSSR count). The number of esters is 1. The maximum absolute atomic E-state index is 10.7.